The maximum atomic E-state index is 13.4. The van der Waals surface area contributed by atoms with Crippen LogP contribution in [0.1, 0.15) is 18.9 Å². The summed E-state index contributed by atoms with van der Waals surface area (Å²) in [5, 5.41) is 3.19. The number of nitrogens with one attached hydrogen (secondary N) is 1. The van der Waals surface area contributed by atoms with Crippen molar-refractivity contribution in [3.8, 4) is 11.5 Å². The van der Waals surface area contributed by atoms with E-state index < -0.39 is 23.9 Å². The van der Waals surface area contributed by atoms with E-state index in [0.717, 1.165) is 10.5 Å². The van der Waals surface area contributed by atoms with Crippen molar-refractivity contribution in [2.45, 2.75) is 25.9 Å². The van der Waals surface area contributed by atoms with Gasteiger partial charge in [0.2, 0.25) is 5.91 Å². The first-order valence-corrected chi connectivity index (χ1v) is 11.8. The summed E-state index contributed by atoms with van der Waals surface area (Å²) in [7, 11) is 1.57. The van der Waals surface area contributed by atoms with E-state index in [2.05, 4.69) is 5.32 Å². The van der Waals surface area contributed by atoms with Gasteiger partial charge in [-0.2, -0.15) is 0 Å². The quantitative estimate of drug-likeness (QED) is 0.406. The van der Waals surface area contributed by atoms with E-state index in [1.54, 1.807) is 67.8 Å². The second-order valence-corrected chi connectivity index (χ2v) is 8.57. The molecule has 3 aromatic rings. The van der Waals surface area contributed by atoms with E-state index in [0.29, 0.717) is 34.5 Å². The maximum Gasteiger partial charge on any atom is 0.332 e. The number of hydrogen-bond acceptors (Lipinski definition) is 5. The second kappa shape index (κ2) is 11.1. The van der Waals surface area contributed by atoms with Gasteiger partial charge in [0.15, 0.2) is 0 Å². The number of imide groups is 1. The minimum absolute atomic E-state index is 0.145. The number of ether oxygens (including phenoxy) is 2. The van der Waals surface area contributed by atoms with Crippen LogP contribution in [0.4, 0.5) is 16.2 Å². The number of methoxy groups -OCH3 is 1. The van der Waals surface area contributed by atoms with Crippen LogP contribution < -0.4 is 19.7 Å². The third kappa shape index (κ3) is 5.60. The number of carbonyl (C=O) groups is 3. The molecule has 0 aromatic heterocycles. The fraction of sp³-hybridized carbons (Fsp3) is 0.222. The summed E-state index contributed by atoms with van der Waals surface area (Å²) in [6.07, 6.45) is -0.203. The molecule has 1 N–H and O–H groups in total. The molecule has 1 heterocycles. The van der Waals surface area contributed by atoms with Gasteiger partial charge in [-0.1, -0.05) is 29.8 Å². The number of amides is 4. The van der Waals surface area contributed by atoms with Gasteiger partial charge in [-0.25, -0.2) is 9.69 Å². The summed E-state index contributed by atoms with van der Waals surface area (Å²) in [6, 6.07) is 19.1. The molecule has 0 spiro atoms. The molecule has 36 heavy (non-hydrogen) atoms. The van der Waals surface area contributed by atoms with Crippen LogP contribution in [-0.4, -0.2) is 42.5 Å². The molecule has 186 valence electrons. The molecular formula is C27H26ClN3O5. The lowest BCUT2D eigenvalue weighted by atomic mass is 10.1. The average Bonchev–Trinajstić information content (AvgIpc) is 3.09. The molecular weight excluding hydrogens is 482 g/mol. The van der Waals surface area contributed by atoms with Crippen LogP contribution in [0, 0.1) is 0 Å². The van der Waals surface area contributed by atoms with Crippen molar-refractivity contribution in [1.29, 1.82) is 0 Å². The molecule has 1 atom stereocenters. The highest BCUT2D eigenvalue weighted by molar-refractivity contribution is 6.31. The van der Waals surface area contributed by atoms with Gasteiger partial charge in [0, 0.05) is 17.3 Å². The molecule has 3 aromatic carbocycles. The van der Waals surface area contributed by atoms with Gasteiger partial charge in [-0.05, 0) is 67.1 Å². The normalized spacial score (nSPS) is 15.2. The Morgan fingerprint density at radius 1 is 1.00 bits per heavy atom. The Morgan fingerprint density at radius 2 is 1.69 bits per heavy atom. The first-order valence-electron chi connectivity index (χ1n) is 11.5. The Balaban J connectivity index is 1.56. The van der Waals surface area contributed by atoms with Gasteiger partial charge in [0.1, 0.15) is 17.5 Å². The Morgan fingerprint density at radius 3 is 2.33 bits per heavy atom. The minimum atomic E-state index is -0.985. The van der Waals surface area contributed by atoms with Crippen LogP contribution in [0.25, 0.3) is 0 Å². The highest BCUT2D eigenvalue weighted by atomic mass is 35.5. The highest BCUT2D eigenvalue weighted by Crippen LogP contribution is 2.30. The molecule has 1 saturated heterocycles. The lowest BCUT2D eigenvalue weighted by Gasteiger charge is -2.22. The number of anilines is 2. The van der Waals surface area contributed by atoms with E-state index in [-0.39, 0.29) is 13.0 Å². The zero-order chi connectivity index (χ0) is 25.7. The van der Waals surface area contributed by atoms with Crippen molar-refractivity contribution in [3.05, 3.63) is 83.4 Å². The van der Waals surface area contributed by atoms with E-state index in [9.17, 15) is 14.4 Å². The van der Waals surface area contributed by atoms with Gasteiger partial charge in [0.25, 0.3) is 5.91 Å². The van der Waals surface area contributed by atoms with Crippen LogP contribution in [0.2, 0.25) is 5.02 Å². The molecule has 1 aliphatic rings. The molecule has 1 unspecified atom stereocenters. The zero-order valence-electron chi connectivity index (χ0n) is 19.9. The van der Waals surface area contributed by atoms with E-state index in [1.807, 2.05) is 19.1 Å². The van der Waals surface area contributed by atoms with Crippen LogP contribution in [0.15, 0.2) is 72.8 Å². The predicted octanol–water partition coefficient (Wildman–Crippen LogP) is 5.11. The summed E-state index contributed by atoms with van der Waals surface area (Å²) in [4.78, 5) is 42.3. The van der Waals surface area contributed by atoms with Gasteiger partial charge in [-0.15, -0.1) is 0 Å². The molecule has 0 saturated carbocycles. The number of hydrogen-bond donors (Lipinski definition) is 1. The Bertz CT molecular complexity index is 1250. The SMILES string of the molecule is CCOc1ccc(NC(=O)CC2C(=O)N(c3cccc(Cl)c3)C(=O)N2Cc2ccc(OC)cc2)cc1. The third-order valence-electron chi connectivity index (χ3n) is 5.72. The fourth-order valence-corrected chi connectivity index (χ4v) is 4.17. The minimum Gasteiger partial charge on any atom is -0.497 e. The average molecular weight is 508 g/mol. The Hall–Kier alpha value is -4.04. The third-order valence-corrected chi connectivity index (χ3v) is 5.96. The molecule has 1 aliphatic heterocycles. The fourth-order valence-electron chi connectivity index (χ4n) is 3.98. The van der Waals surface area contributed by atoms with E-state index >= 15 is 0 Å². The highest BCUT2D eigenvalue weighted by Gasteiger charge is 2.46. The standard InChI is InChI=1S/C27H26ClN3O5/c1-3-36-23-13-9-20(10-14-23)29-25(32)16-24-26(33)31(21-6-4-5-19(28)15-21)27(34)30(24)17-18-7-11-22(35-2)12-8-18/h4-15,24H,3,16-17H2,1-2H3,(H,29,32). The first kappa shape index (κ1) is 25.1. The largest absolute Gasteiger partial charge is 0.497 e. The number of rotatable bonds is 9. The van der Waals surface area contributed by atoms with Gasteiger partial charge >= 0.3 is 6.03 Å². The molecule has 0 bridgehead atoms. The molecule has 0 aliphatic carbocycles. The van der Waals surface area contributed by atoms with Crippen molar-refractivity contribution in [2.24, 2.45) is 0 Å². The topological polar surface area (TPSA) is 88.2 Å². The lowest BCUT2D eigenvalue weighted by Crippen LogP contribution is -2.37. The molecule has 4 rings (SSSR count). The van der Waals surface area contributed by atoms with Gasteiger partial charge in [-0.3, -0.25) is 9.59 Å². The number of halogens is 1. The molecule has 8 nitrogen and oxygen atoms in total. The van der Waals surface area contributed by atoms with E-state index in [4.69, 9.17) is 21.1 Å². The summed E-state index contributed by atoms with van der Waals surface area (Å²) in [5.41, 5.74) is 1.71. The molecule has 9 heteroatoms. The summed E-state index contributed by atoms with van der Waals surface area (Å²) in [6.45, 7) is 2.57. The number of urea groups is 1. The smallest absolute Gasteiger partial charge is 0.332 e. The molecule has 4 amide bonds. The first-order chi connectivity index (χ1) is 17.4. The summed E-state index contributed by atoms with van der Waals surface area (Å²) < 4.78 is 10.6. The molecule has 1 fully saturated rings. The Labute approximate surface area is 214 Å². The van der Waals surface area contributed by atoms with Crippen molar-refractivity contribution in [1.82, 2.24) is 4.90 Å². The number of nitrogens with zero attached hydrogens (tertiary/aromatic N) is 2. The number of carbonyl (C=O) groups excluding carboxylic acids is 3. The maximum absolute atomic E-state index is 13.4. The monoisotopic (exact) mass is 507 g/mol. The zero-order valence-corrected chi connectivity index (χ0v) is 20.7. The van der Waals surface area contributed by atoms with Crippen LogP contribution in [0.3, 0.4) is 0 Å². The number of benzene rings is 3. The second-order valence-electron chi connectivity index (χ2n) is 8.14. The van der Waals surface area contributed by atoms with Gasteiger partial charge in [0.05, 0.1) is 25.8 Å². The van der Waals surface area contributed by atoms with Crippen molar-refractivity contribution >= 4 is 40.8 Å². The van der Waals surface area contributed by atoms with Crippen molar-refractivity contribution in [3.63, 3.8) is 0 Å². The van der Waals surface area contributed by atoms with E-state index in [1.165, 1.54) is 4.90 Å². The summed E-state index contributed by atoms with van der Waals surface area (Å²) >= 11 is 6.11. The predicted molar refractivity (Wildman–Crippen MR) is 138 cm³/mol. The lowest BCUT2D eigenvalue weighted by molar-refractivity contribution is -0.124. The van der Waals surface area contributed by atoms with Crippen molar-refractivity contribution < 1.29 is 23.9 Å². The van der Waals surface area contributed by atoms with Gasteiger partial charge < -0.3 is 19.7 Å². The molecule has 0 radical (unpaired) electrons. The van der Waals surface area contributed by atoms with Crippen LogP contribution in [-0.2, 0) is 16.1 Å². The summed E-state index contributed by atoms with van der Waals surface area (Å²) in [5.74, 6) is 0.486. The van der Waals surface area contributed by atoms with Crippen molar-refractivity contribution in [2.75, 3.05) is 23.9 Å². The van der Waals surface area contributed by atoms with Crippen LogP contribution in [0.5, 0.6) is 11.5 Å². The Kier molecular flexibility index (Phi) is 7.75. The van der Waals surface area contributed by atoms with Crippen LogP contribution >= 0.6 is 11.6 Å².